The standard InChI is InChI=1S/C18H26F3N5O2.HI/c1-2-22-17(24-9-5-12-26-11-4-7-15(26)27)25-10-13-28-16-14(18(19,20)21)6-3-8-23-16;/h3,6,8H,2,4-5,7,9-13H2,1H3,(H2,22,24,25);1H. The Morgan fingerprint density at radius 1 is 1.38 bits per heavy atom. The van der Waals surface area contributed by atoms with E-state index < -0.39 is 17.6 Å². The molecule has 0 spiro atoms. The number of pyridine rings is 1. The second-order valence-corrected chi connectivity index (χ2v) is 6.23. The lowest BCUT2D eigenvalue weighted by atomic mass is 10.2. The highest BCUT2D eigenvalue weighted by Crippen LogP contribution is 2.34. The van der Waals surface area contributed by atoms with Crippen LogP contribution in [0.25, 0.3) is 0 Å². The van der Waals surface area contributed by atoms with Crippen LogP contribution in [-0.2, 0) is 11.0 Å². The van der Waals surface area contributed by atoms with E-state index in [0.717, 1.165) is 25.5 Å². The number of alkyl halides is 3. The van der Waals surface area contributed by atoms with Gasteiger partial charge in [-0.3, -0.25) is 9.79 Å². The lowest BCUT2D eigenvalue weighted by Crippen LogP contribution is -2.39. The molecule has 7 nitrogen and oxygen atoms in total. The highest BCUT2D eigenvalue weighted by atomic mass is 127. The summed E-state index contributed by atoms with van der Waals surface area (Å²) in [5, 5.41) is 6.07. The van der Waals surface area contributed by atoms with Gasteiger partial charge in [-0.1, -0.05) is 0 Å². The van der Waals surface area contributed by atoms with Crippen molar-refractivity contribution in [3.8, 4) is 5.88 Å². The van der Waals surface area contributed by atoms with Crippen LogP contribution >= 0.6 is 24.0 Å². The van der Waals surface area contributed by atoms with Gasteiger partial charge in [0.1, 0.15) is 12.2 Å². The summed E-state index contributed by atoms with van der Waals surface area (Å²) in [6, 6.07) is 2.16. The van der Waals surface area contributed by atoms with Crippen molar-refractivity contribution in [2.45, 2.75) is 32.4 Å². The lowest BCUT2D eigenvalue weighted by Gasteiger charge is -2.15. The van der Waals surface area contributed by atoms with E-state index in [1.807, 2.05) is 11.8 Å². The number of nitrogens with zero attached hydrogens (tertiary/aromatic N) is 3. The summed E-state index contributed by atoms with van der Waals surface area (Å²) in [5.41, 5.74) is -0.896. The van der Waals surface area contributed by atoms with Gasteiger partial charge in [0, 0.05) is 38.8 Å². The van der Waals surface area contributed by atoms with Crippen LogP contribution in [0.1, 0.15) is 31.7 Å². The number of rotatable bonds is 9. The van der Waals surface area contributed by atoms with Gasteiger partial charge in [-0.2, -0.15) is 13.2 Å². The van der Waals surface area contributed by atoms with E-state index in [2.05, 4.69) is 20.6 Å². The molecule has 1 aromatic heterocycles. The minimum absolute atomic E-state index is 0. The van der Waals surface area contributed by atoms with E-state index in [1.165, 1.54) is 12.3 Å². The van der Waals surface area contributed by atoms with Gasteiger partial charge in [-0.25, -0.2) is 4.98 Å². The lowest BCUT2D eigenvalue weighted by molar-refractivity contribution is -0.139. The van der Waals surface area contributed by atoms with E-state index in [4.69, 9.17) is 4.74 Å². The molecule has 0 radical (unpaired) electrons. The Hall–Kier alpha value is -1.79. The van der Waals surface area contributed by atoms with Crippen LogP contribution in [0.5, 0.6) is 5.88 Å². The molecular formula is C18H27F3IN5O2. The first-order valence-corrected chi connectivity index (χ1v) is 9.36. The number of aliphatic imine (C=N–C) groups is 1. The molecule has 0 aromatic carbocycles. The van der Waals surface area contributed by atoms with Gasteiger partial charge in [0.25, 0.3) is 0 Å². The largest absolute Gasteiger partial charge is 0.475 e. The molecule has 164 valence electrons. The van der Waals surface area contributed by atoms with Crippen LogP contribution in [0.3, 0.4) is 0 Å². The molecule has 1 aliphatic rings. The predicted molar refractivity (Wildman–Crippen MR) is 115 cm³/mol. The van der Waals surface area contributed by atoms with Crippen LogP contribution in [-0.4, -0.2) is 61.1 Å². The van der Waals surface area contributed by atoms with Gasteiger partial charge in [0.05, 0.1) is 6.54 Å². The Labute approximate surface area is 185 Å². The van der Waals surface area contributed by atoms with Crippen molar-refractivity contribution in [3.63, 3.8) is 0 Å². The number of guanidine groups is 1. The predicted octanol–water partition coefficient (Wildman–Crippen LogP) is 2.66. The van der Waals surface area contributed by atoms with Crippen LogP contribution < -0.4 is 15.4 Å². The Kier molecular flexibility index (Phi) is 11.1. The van der Waals surface area contributed by atoms with Crippen molar-refractivity contribution in [1.82, 2.24) is 20.5 Å². The Balaban J connectivity index is 0.00000420. The van der Waals surface area contributed by atoms with Crippen LogP contribution in [0.2, 0.25) is 0 Å². The third kappa shape index (κ3) is 8.62. The van der Waals surface area contributed by atoms with Crippen molar-refractivity contribution >= 4 is 35.8 Å². The molecule has 11 heteroatoms. The van der Waals surface area contributed by atoms with Crippen molar-refractivity contribution in [2.24, 2.45) is 4.99 Å². The summed E-state index contributed by atoms with van der Waals surface area (Å²) < 4.78 is 43.9. The Bertz CT molecular complexity index is 673. The molecule has 0 unspecified atom stereocenters. The monoisotopic (exact) mass is 529 g/mol. The molecule has 1 aliphatic heterocycles. The topological polar surface area (TPSA) is 78.9 Å². The zero-order valence-electron chi connectivity index (χ0n) is 16.3. The van der Waals surface area contributed by atoms with Crippen molar-refractivity contribution in [3.05, 3.63) is 23.9 Å². The molecule has 0 bridgehead atoms. The third-order valence-corrected chi connectivity index (χ3v) is 4.08. The summed E-state index contributed by atoms with van der Waals surface area (Å²) >= 11 is 0. The fourth-order valence-corrected chi connectivity index (χ4v) is 2.77. The smallest absolute Gasteiger partial charge is 0.421 e. The molecule has 2 rings (SSSR count). The number of likely N-dealkylation sites (tertiary alicyclic amines) is 1. The number of hydrogen-bond acceptors (Lipinski definition) is 4. The van der Waals surface area contributed by atoms with E-state index in [9.17, 15) is 18.0 Å². The first-order chi connectivity index (χ1) is 13.4. The molecule has 1 fully saturated rings. The molecule has 2 N–H and O–H groups in total. The Morgan fingerprint density at radius 2 is 2.17 bits per heavy atom. The van der Waals surface area contributed by atoms with E-state index in [-0.39, 0.29) is 43.0 Å². The fourth-order valence-electron chi connectivity index (χ4n) is 2.77. The number of nitrogens with one attached hydrogen (secondary N) is 2. The molecule has 0 aliphatic carbocycles. The second kappa shape index (κ2) is 12.7. The number of halogens is 4. The Morgan fingerprint density at radius 3 is 2.83 bits per heavy atom. The summed E-state index contributed by atoms with van der Waals surface area (Å²) in [7, 11) is 0. The average molecular weight is 529 g/mol. The molecule has 1 saturated heterocycles. The number of carbonyl (C=O) groups excluding carboxylic acids is 1. The normalized spacial score (nSPS) is 14.6. The molecule has 1 aromatic rings. The highest BCUT2D eigenvalue weighted by Gasteiger charge is 2.35. The number of amides is 1. The summed E-state index contributed by atoms with van der Waals surface area (Å²) in [4.78, 5) is 21.5. The first kappa shape index (κ1) is 25.2. The maximum atomic E-state index is 12.9. The third-order valence-electron chi connectivity index (χ3n) is 4.08. The van der Waals surface area contributed by atoms with E-state index in [1.54, 1.807) is 0 Å². The van der Waals surface area contributed by atoms with Gasteiger partial charge >= 0.3 is 6.18 Å². The van der Waals surface area contributed by atoms with Gasteiger partial charge in [0.15, 0.2) is 5.96 Å². The SMILES string of the molecule is CCNC(=NCCCN1CCCC1=O)NCCOc1ncccc1C(F)(F)F.I. The van der Waals surface area contributed by atoms with Crippen LogP contribution in [0, 0.1) is 0 Å². The van der Waals surface area contributed by atoms with Crippen molar-refractivity contribution < 1.29 is 22.7 Å². The zero-order chi connectivity index (χ0) is 20.4. The van der Waals surface area contributed by atoms with Crippen molar-refractivity contribution in [2.75, 3.05) is 39.3 Å². The molecule has 0 saturated carbocycles. The minimum Gasteiger partial charge on any atom is -0.475 e. The number of hydrogen-bond donors (Lipinski definition) is 2. The van der Waals surface area contributed by atoms with Crippen LogP contribution in [0.15, 0.2) is 23.3 Å². The van der Waals surface area contributed by atoms with Gasteiger partial charge in [0.2, 0.25) is 11.8 Å². The summed E-state index contributed by atoms with van der Waals surface area (Å²) in [5.74, 6) is 0.309. The zero-order valence-corrected chi connectivity index (χ0v) is 18.6. The second-order valence-electron chi connectivity index (χ2n) is 6.23. The minimum atomic E-state index is -4.51. The van der Waals surface area contributed by atoms with Crippen LogP contribution in [0.4, 0.5) is 13.2 Å². The molecule has 0 atom stereocenters. The first-order valence-electron chi connectivity index (χ1n) is 9.36. The molecular weight excluding hydrogens is 502 g/mol. The summed E-state index contributed by atoms with van der Waals surface area (Å²) in [6.07, 6.45) is -0.959. The molecule has 2 heterocycles. The van der Waals surface area contributed by atoms with E-state index in [0.29, 0.717) is 32.0 Å². The number of carbonyl (C=O) groups is 1. The number of ether oxygens (including phenoxy) is 1. The van der Waals surface area contributed by atoms with Gasteiger partial charge < -0.3 is 20.3 Å². The maximum Gasteiger partial charge on any atom is 0.421 e. The number of aromatic nitrogens is 1. The van der Waals surface area contributed by atoms with Crippen molar-refractivity contribution in [1.29, 1.82) is 0 Å². The van der Waals surface area contributed by atoms with Gasteiger partial charge in [-0.05, 0) is 31.9 Å². The average Bonchev–Trinajstić information content (AvgIpc) is 3.06. The molecule has 1 amide bonds. The quantitative estimate of drug-likeness (QED) is 0.223. The maximum absolute atomic E-state index is 12.9. The van der Waals surface area contributed by atoms with E-state index >= 15 is 0 Å². The summed E-state index contributed by atoms with van der Waals surface area (Å²) in [6.45, 7) is 4.88. The highest BCUT2D eigenvalue weighted by molar-refractivity contribution is 14.0. The molecule has 29 heavy (non-hydrogen) atoms. The fraction of sp³-hybridized carbons (Fsp3) is 0.611. The van der Waals surface area contributed by atoms with Gasteiger partial charge in [-0.15, -0.1) is 24.0 Å².